The number of anilines is 1. The van der Waals surface area contributed by atoms with E-state index in [9.17, 15) is 4.79 Å². The van der Waals surface area contributed by atoms with Crippen molar-refractivity contribution in [3.05, 3.63) is 29.3 Å². The molecule has 0 radical (unpaired) electrons. The number of aliphatic imine (C=N–C) groups is 1. The second-order valence-corrected chi connectivity index (χ2v) is 6.81. The number of benzene rings is 1. The number of carbonyl (C=O) groups is 1. The maximum Gasteiger partial charge on any atom is 0.222 e. The molecule has 1 aromatic carbocycles. The monoisotopic (exact) mass is 493 g/mol. The minimum atomic E-state index is 0. The van der Waals surface area contributed by atoms with E-state index in [-0.39, 0.29) is 35.8 Å². The highest BCUT2D eigenvalue weighted by atomic mass is 127. The number of halogens is 2. The van der Waals surface area contributed by atoms with Crippen LogP contribution in [0.1, 0.15) is 13.8 Å². The van der Waals surface area contributed by atoms with Crippen LogP contribution in [0.5, 0.6) is 0 Å². The van der Waals surface area contributed by atoms with Crippen LogP contribution in [-0.4, -0.2) is 63.1 Å². The van der Waals surface area contributed by atoms with Gasteiger partial charge in [-0.05, 0) is 18.2 Å². The number of nitrogens with one attached hydrogen (secondary N) is 2. The summed E-state index contributed by atoms with van der Waals surface area (Å²) in [7, 11) is 1.79. The third-order valence-electron chi connectivity index (χ3n) is 4.20. The highest BCUT2D eigenvalue weighted by molar-refractivity contribution is 14.0. The van der Waals surface area contributed by atoms with E-state index in [2.05, 4.69) is 31.5 Å². The van der Waals surface area contributed by atoms with Crippen molar-refractivity contribution in [2.75, 3.05) is 51.2 Å². The molecule has 6 nitrogen and oxygen atoms in total. The lowest BCUT2D eigenvalue weighted by molar-refractivity contribution is -0.123. The summed E-state index contributed by atoms with van der Waals surface area (Å²) in [5, 5.41) is 6.99. The van der Waals surface area contributed by atoms with Crippen LogP contribution in [0.3, 0.4) is 0 Å². The molecule has 1 saturated heterocycles. The highest BCUT2D eigenvalue weighted by Crippen LogP contribution is 2.20. The van der Waals surface area contributed by atoms with E-state index in [4.69, 9.17) is 11.6 Å². The average molecular weight is 494 g/mol. The van der Waals surface area contributed by atoms with Crippen molar-refractivity contribution in [2.45, 2.75) is 13.8 Å². The number of nitrogens with zero attached hydrogens (tertiary/aromatic N) is 3. The van der Waals surface area contributed by atoms with E-state index < -0.39 is 0 Å². The van der Waals surface area contributed by atoms with E-state index >= 15 is 0 Å². The molecule has 2 rings (SSSR count). The van der Waals surface area contributed by atoms with Gasteiger partial charge in [-0.2, -0.15) is 0 Å². The molecule has 0 saturated carbocycles. The Morgan fingerprint density at radius 1 is 1.19 bits per heavy atom. The van der Waals surface area contributed by atoms with Gasteiger partial charge in [0.1, 0.15) is 0 Å². The molecule has 0 bridgehead atoms. The fourth-order valence-corrected chi connectivity index (χ4v) is 2.93. The number of rotatable bonds is 5. The predicted molar refractivity (Wildman–Crippen MR) is 120 cm³/mol. The first kappa shape index (κ1) is 22.8. The van der Waals surface area contributed by atoms with Crippen LogP contribution in [-0.2, 0) is 4.79 Å². The number of amides is 1. The first-order chi connectivity index (χ1) is 12.0. The molecule has 2 N–H and O–H groups in total. The Balaban J connectivity index is 0.00000338. The minimum Gasteiger partial charge on any atom is -0.368 e. The zero-order chi connectivity index (χ0) is 18.2. The summed E-state index contributed by atoms with van der Waals surface area (Å²) in [4.78, 5) is 20.5. The lowest BCUT2D eigenvalue weighted by atomic mass is 10.2. The fourth-order valence-electron chi connectivity index (χ4n) is 2.75. The molecule has 146 valence electrons. The summed E-state index contributed by atoms with van der Waals surface area (Å²) in [5.74, 6) is 0.968. The van der Waals surface area contributed by atoms with Crippen molar-refractivity contribution in [1.29, 1.82) is 0 Å². The largest absolute Gasteiger partial charge is 0.368 e. The zero-order valence-electron chi connectivity index (χ0n) is 15.7. The molecular formula is C18H29ClIN5O. The molecular weight excluding hydrogens is 465 g/mol. The normalized spacial score (nSPS) is 14.9. The Bertz CT molecular complexity index is 603. The van der Waals surface area contributed by atoms with Crippen molar-refractivity contribution in [3.8, 4) is 0 Å². The number of piperazine rings is 1. The predicted octanol–water partition coefficient (Wildman–Crippen LogP) is 2.43. The molecule has 0 aromatic heterocycles. The molecule has 1 aliphatic heterocycles. The van der Waals surface area contributed by atoms with Crippen LogP contribution in [0.4, 0.5) is 5.69 Å². The number of guanidine groups is 1. The number of hydrogen-bond donors (Lipinski definition) is 2. The molecule has 0 atom stereocenters. The van der Waals surface area contributed by atoms with E-state index in [1.54, 1.807) is 7.05 Å². The summed E-state index contributed by atoms with van der Waals surface area (Å²) >= 11 is 6.08. The fraction of sp³-hybridized carbons (Fsp3) is 0.556. The van der Waals surface area contributed by atoms with Gasteiger partial charge in [0.25, 0.3) is 0 Å². The molecule has 1 fully saturated rings. The Morgan fingerprint density at radius 2 is 1.85 bits per heavy atom. The number of carbonyl (C=O) groups excluding carboxylic acids is 1. The molecule has 1 aromatic rings. The van der Waals surface area contributed by atoms with Gasteiger partial charge in [-0.1, -0.05) is 31.5 Å². The van der Waals surface area contributed by atoms with Gasteiger partial charge in [-0.3, -0.25) is 9.79 Å². The van der Waals surface area contributed by atoms with E-state index in [1.807, 2.05) is 32.0 Å². The van der Waals surface area contributed by atoms with Gasteiger partial charge in [0.2, 0.25) is 5.91 Å². The average Bonchev–Trinajstić information content (AvgIpc) is 2.62. The molecule has 0 aliphatic carbocycles. The van der Waals surface area contributed by atoms with Crippen molar-refractivity contribution in [1.82, 2.24) is 15.5 Å². The Hall–Kier alpha value is -1.22. The van der Waals surface area contributed by atoms with Gasteiger partial charge < -0.3 is 20.4 Å². The second kappa shape index (κ2) is 11.5. The van der Waals surface area contributed by atoms with Crippen LogP contribution < -0.4 is 15.5 Å². The molecule has 8 heteroatoms. The zero-order valence-corrected chi connectivity index (χ0v) is 18.8. The molecule has 1 amide bonds. The first-order valence-corrected chi connectivity index (χ1v) is 9.13. The summed E-state index contributed by atoms with van der Waals surface area (Å²) < 4.78 is 0. The molecule has 1 aliphatic rings. The molecule has 0 spiro atoms. The number of hydrogen-bond acceptors (Lipinski definition) is 3. The maximum atomic E-state index is 11.6. The summed E-state index contributed by atoms with van der Waals surface area (Å²) in [6.07, 6.45) is 0. The van der Waals surface area contributed by atoms with E-state index in [0.29, 0.717) is 13.1 Å². The van der Waals surface area contributed by atoms with Crippen molar-refractivity contribution < 1.29 is 4.79 Å². The van der Waals surface area contributed by atoms with Crippen LogP contribution in [0.25, 0.3) is 0 Å². The Kier molecular flexibility index (Phi) is 10.1. The smallest absolute Gasteiger partial charge is 0.222 e. The van der Waals surface area contributed by atoms with Crippen LogP contribution in [0, 0.1) is 5.92 Å². The van der Waals surface area contributed by atoms with Crippen molar-refractivity contribution in [2.24, 2.45) is 10.9 Å². The van der Waals surface area contributed by atoms with Gasteiger partial charge in [0, 0.05) is 62.9 Å². The standard InChI is InChI=1S/C18H28ClN5O.HI/c1-14(2)17(25)21-7-8-22-18(20-3)24-11-9-23(10-12-24)16-6-4-5-15(19)13-16;/h4-6,13-14H,7-12H2,1-3H3,(H,20,22)(H,21,25);1H. The molecule has 0 unspecified atom stereocenters. The third-order valence-corrected chi connectivity index (χ3v) is 4.43. The van der Waals surface area contributed by atoms with Gasteiger partial charge in [0.15, 0.2) is 5.96 Å². The van der Waals surface area contributed by atoms with Gasteiger partial charge in [-0.15, -0.1) is 24.0 Å². The summed E-state index contributed by atoms with van der Waals surface area (Å²) in [6.45, 7) is 8.67. The van der Waals surface area contributed by atoms with Crippen LogP contribution in [0.2, 0.25) is 5.02 Å². The quantitative estimate of drug-likeness (QED) is 0.286. The van der Waals surface area contributed by atoms with Gasteiger partial charge >= 0.3 is 0 Å². The maximum absolute atomic E-state index is 11.6. The van der Waals surface area contributed by atoms with Crippen molar-refractivity contribution >= 4 is 53.1 Å². The Labute approximate surface area is 178 Å². The second-order valence-electron chi connectivity index (χ2n) is 6.37. The van der Waals surface area contributed by atoms with Gasteiger partial charge in [-0.25, -0.2) is 0 Å². The van der Waals surface area contributed by atoms with E-state index in [1.165, 1.54) is 0 Å². The lowest BCUT2D eigenvalue weighted by Crippen LogP contribution is -2.53. The van der Waals surface area contributed by atoms with Gasteiger partial charge in [0.05, 0.1) is 0 Å². The summed E-state index contributed by atoms with van der Waals surface area (Å²) in [5.41, 5.74) is 1.16. The minimum absolute atomic E-state index is 0. The first-order valence-electron chi connectivity index (χ1n) is 8.75. The van der Waals surface area contributed by atoms with Crippen LogP contribution in [0.15, 0.2) is 29.3 Å². The van der Waals surface area contributed by atoms with E-state index in [0.717, 1.165) is 42.8 Å². The molecule has 26 heavy (non-hydrogen) atoms. The topological polar surface area (TPSA) is 60.0 Å². The Morgan fingerprint density at radius 3 is 2.42 bits per heavy atom. The lowest BCUT2D eigenvalue weighted by Gasteiger charge is -2.37. The molecule has 1 heterocycles. The van der Waals surface area contributed by atoms with Crippen molar-refractivity contribution in [3.63, 3.8) is 0 Å². The third kappa shape index (κ3) is 6.83. The highest BCUT2D eigenvalue weighted by Gasteiger charge is 2.19. The summed E-state index contributed by atoms with van der Waals surface area (Å²) in [6, 6.07) is 7.97. The SMILES string of the molecule is CN=C(NCCNC(=O)C(C)C)N1CCN(c2cccc(Cl)c2)CC1.I. The van der Waals surface area contributed by atoms with Crippen LogP contribution >= 0.6 is 35.6 Å².